The lowest BCUT2D eigenvalue weighted by Crippen LogP contribution is -2.68. The first-order valence-corrected chi connectivity index (χ1v) is 5.31. The average molecular weight is 200 g/mol. The molecule has 0 saturated heterocycles. The molecular formula is C10H24N4. The van der Waals surface area contributed by atoms with E-state index in [0.29, 0.717) is 0 Å². The van der Waals surface area contributed by atoms with Gasteiger partial charge in [-0.1, -0.05) is 26.5 Å². The van der Waals surface area contributed by atoms with Gasteiger partial charge in [-0.3, -0.25) is 14.7 Å². The van der Waals surface area contributed by atoms with Crippen molar-refractivity contribution in [3.8, 4) is 0 Å². The van der Waals surface area contributed by atoms with Crippen molar-refractivity contribution in [1.82, 2.24) is 20.4 Å². The van der Waals surface area contributed by atoms with Crippen LogP contribution in [0.3, 0.4) is 0 Å². The van der Waals surface area contributed by atoms with E-state index in [9.17, 15) is 5.73 Å². The minimum absolute atomic E-state index is 0.811. The maximum Gasteiger partial charge on any atom is 0.221 e. The second-order valence-corrected chi connectivity index (χ2v) is 3.64. The fourth-order valence-electron chi connectivity index (χ4n) is 1.51. The van der Waals surface area contributed by atoms with Gasteiger partial charge < -0.3 is 0 Å². The predicted octanol–water partition coefficient (Wildman–Crippen LogP) is 0.522. The highest BCUT2D eigenvalue weighted by molar-refractivity contribution is 4.78. The molecule has 0 saturated carbocycles. The predicted molar refractivity (Wildman–Crippen MR) is 59.8 cm³/mol. The summed E-state index contributed by atoms with van der Waals surface area (Å²) in [6, 6.07) is 0. The van der Waals surface area contributed by atoms with Crippen LogP contribution < -0.4 is 5.73 Å². The van der Waals surface area contributed by atoms with Gasteiger partial charge in [0, 0.05) is 0 Å². The van der Waals surface area contributed by atoms with Gasteiger partial charge >= 0.3 is 0 Å². The van der Waals surface area contributed by atoms with Crippen LogP contribution in [-0.4, -0.2) is 61.4 Å². The van der Waals surface area contributed by atoms with Crippen LogP contribution in [0.4, 0.5) is 0 Å². The van der Waals surface area contributed by atoms with Crippen molar-refractivity contribution in [1.29, 1.82) is 0 Å². The lowest BCUT2D eigenvalue weighted by Gasteiger charge is -2.47. The number of nitrogens with zero attached hydrogens (tertiary/aromatic N) is 4. The molecule has 84 valence electrons. The van der Waals surface area contributed by atoms with E-state index >= 15 is 0 Å². The molecule has 0 aromatic rings. The Kier molecular flexibility index (Phi) is 5.59. The van der Waals surface area contributed by atoms with Crippen molar-refractivity contribution in [2.45, 2.75) is 26.7 Å². The smallest absolute Gasteiger partial charge is 0.221 e. The summed E-state index contributed by atoms with van der Waals surface area (Å²) in [4.78, 5) is 5.79. The molecular weight excluding hydrogens is 176 g/mol. The second kappa shape index (κ2) is 5.66. The van der Waals surface area contributed by atoms with Crippen LogP contribution in [0.2, 0.25) is 0 Å². The Morgan fingerprint density at radius 3 is 1.14 bits per heavy atom. The lowest BCUT2D eigenvalue weighted by atomic mass is 10.3. The molecule has 0 atom stereocenters. The van der Waals surface area contributed by atoms with Crippen molar-refractivity contribution in [2.24, 2.45) is 0 Å². The van der Waals surface area contributed by atoms with Gasteiger partial charge in [-0.05, 0) is 40.8 Å². The minimum Gasteiger partial charge on any atom is -0.261 e. The number of rotatable bonds is 6. The highest BCUT2D eigenvalue weighted by Gasteiger charge is 2.39. The van der Waals surface area contributed by atoms with E-state index in [2.05, 4.69) is 0 Å². The molecule has 2 radical (unpaired) electrons. The molecule has 0 fully saturated rings. The Labute approximate surface area is 88.6 Å². The van der Waals surface area contributed by atoms with E-state index in [1.54, 1.807) is 0 Å². The van der Waals surface area contributed by atoms with Crippen molar-refractivity contribution < 1.29 is 0 Å². The summed E-state index contributed by atoms with van der Waals surface area (Å²) in [6.45, 7) is 8.55. The molecule has 0 bridgehead atoms. The molecule has 0 aromatic heterocycles. The number of hydrogen-bond donors (Lipinski definition) is 0. The molecule has 0 aliphatic heterocycles. The second-order valence-electron chi connectivity index (χ2n) is 3.64. The van der Waals surface area contributed by atoms with Crippen LogP contribution in [0.15, 0.2) is 0 Å². The molecule has 0 rings (SSSR count). The molecule has 0 unspecified atom stereocenters. The molecule has 0 aromatic carbocycles. The fourth-order valence-corrected chi connectivity index (χ4v) is 1.51. The van der Waals surface area contributed by atoms with Crippen molar-refractivity contribution in [3.05, 3.63) is 0 Å². The summed E-state index contributed by atoms with van der Waals surface area (Å²) in [5.41, 5.74) is 10.6. The van der Waals surface area contributed by atoms with Crippen LogP contribution in [0, 0.1) is 0 Å². The molecule has 0 spiro atoms. The molecule has 0 amide bonds. The zero-order chi connectivity index (χ0) is 11.4. The first-order chi connectivity index (χ1) is 6.44. The van der Waals surface area contributed by atoms with E-state index in [4.69, 9.17) is 0 Å². The normalized spacial score (nSPS) is 13.3. The third-order valence-electron chi connectivity index (χ3n) is 2.96. The molecule has 0 heterocycles. The molecule has 14 heavy (non-hydrogen) atoms. The maximum atomic E-state index is 10.6. The van der Waals surface area contributed by atoms with Gasteiger partial charge in [0.25, 0.3) is 0 Å². The number of hydrogen-bond acceptors (Lipinski definition) is 3. The van der Waals surface area contributed by atoms with E-state index in [1.165, 1.54) is 0 Å². The maximum absolute atomic E-state index is 10.6. The molecule has 0 aliphatic rings. The average Bonchev–Trinajstić information content (AvgIpc) is 2.24. The van der Waals surface area contributed by atoms with Crippen LogP contribution in [0.5, 0.6) is 0 Å². The lowest BCUT2D eigenvalue weighted by molar-refractivity contribution is -0.138. The van der Waals surface area contributed by atoms with E-state index < -0.39 is 5.91 Å². The Morgan fingerprint density at radius 1 is 0.786 bits per heavy atom. The molecule has 0 N–H and O–H groups in total. The van der Waals surface area contributed by atoms with E-state index in [0.717, 1.165) is 19.6 Å². The SMILES string of the molecule is CCN(C)C([N])(N(C)CC)N(C)CC. The summed E-state index contributed by atoms with van der Waals surface area (Å²) >= 11 is 0. The topological polar surface area (TPSA) is 32.0 Å². The summed E-state index contributed by atoms with van der Waals surface area (Å²) in [6.07, 6.45) is 0. The van der Waals surface area contributed by atoms with Crippen molar-refractivity contribution >= 4 is 0 Å². The highest BCUT2D eigenvalue weighted by atomic mass is 15.6. The summed E-state index contributed by atoms with van der Waals surface area (Å²) in [5.74, 6) is -0.974. The zero-order valence-corrected chi connectivity index (χ0v) is 10.4. The Bertz CT molecular complexity index is 134. The largest absolute Gasteiger partial charge is 0.261 e. The van der Waals surface area contributed by atoms with Crippen LogP contribution in [0.25, 0.3) is 0 Å². The van der Waals surface area contributed by atoms with Gasteiger partial charge in [0.2, 0.25) is 5.91 Å². The Morgan fingerprint density at radius 2 is 1.00 bits per heavy atom. The van der Waals surface area contributed by atoms with Gasteiger partial charge in [-0.25, -0.2) is 0 Å². The van der Waals surface area contributed by atoms with Crippen LogP contribution in [-0.2, 0) is 0 Å². The summed E-state index contributed by atoms with van der Waals surface area (Å²) < 4.78 is 0. The van der Waals surface area contributed by atoms with Crippen LogP contribution in [0.1, 0.15) is 20.8 Å². The third kappa shape index (κ3) is 2.45. The van der Waals surface area contributed by atoms with Gasteiger partial charge in [-0.2, -0.15) is 0 Å². The third-order valence-corrected chi connectivity index (χ3v) is 2.96. The van der Waals surface area contributed by atoms with E-state index in [-0.39, 0.29) is 0 Å². The first-order valence-electron chi connectivity index (χ1n) is 5.31. The summed E-state index contributed by atoms with van der Waals surface area (Å²) in [5, 5.41) is 0. The molecule has 4 heteroatoms. The zero-order valence-electron chi connectivity index (χ0n) is 10.4. The quantitative estimate of drug-likeness (QED) is 0.586. The van der Waals surface area contributed by atoms with Gasteiger partial charge in [0.05, 0.1) is 0 Å². The van der Waals surface area contributed by atoms with Crippen molar-refractivity contribution in [3.63, 3.8) is 0 Å². The van der Waals surface area contributed by atoms with E-state index in [1.807, 2.05) is 56.6 Å². The monoisotopic (exact) mass is 200 g/mol. The van der Waals surface area contributed by atoms with Crippen LogP contribution >= 0.6 is 0 Å². The first kappa shape index (κ1) is 13.8. The minimum atomic E-state index is -0.974. The van der Waals surface area contributed by atoms with Gasteiger partial charge in [0.1, 0.15) is 0 Å². The summed E-state index contributed by atoms with van der Waals surface area (Å²) in [7, 11) is 5.79. The Balaban J connectivity index is 4.83. The van der Waals surface area contributed by atoms with Gasteiger partial charge in [0.15, 0.2) is 0 Å². The van der Waals surface area contributed by atoms with Crippen molar-refractivity contribution in [2.75, 3.05) is 40.8 Å². The molecule has 0 aliphatic carbocycles. The standard InChI is InChI=1S/C10H24N4/c1-7-12(4)10(11,13(5)8-2)14(6)9-3/h7-9H2,1-6H3. The van der Waals surface area contributed by atoms with Gasteiger partial charge in [-0.15, -0.1) is 0 Å². The Hall–Kier alpha value is -0.160. The fraction of sp³-hybridized carbons (Fsp3) is 1.00. The molecule has 4 nitrogen and oxygen atoms in total. The highest BCUT2D eigenvalue weighted by Crippen LogP contribution is 2.16.